The summed E-state index contributed by atoms with van der Waals surface area (Å²) in [6, 6.07) is 8.84. The lowest BCUT2D eigenvalue weighted by Gasteiger charge is -2.13. The molecule has 0 spiro atoms. The van der Waals surface area contributed by atoms with Gasteiger partial charge in [-0.3, -0.25) is 4.57 Å². The van der Waals surface area contributed by atoms with E-state index in [1.165, 1.54) is 9.25 Å². The normalized spacial score (nSPS) is 10.9. The van der Waals surface area contributed by atoms with Gasteiger partial charge in [0.2, 0.25) is 5.95 Å². The molecule has 0 aliphatic heterocycles. The first-order valence-electron chi connectivity index (χ1n) is 7.06. The molecule has 0 aliphatic carbocycles. The fraction of sp³-hybridized carbons (Fsp3) is 0.200. The second-order valence-electron chi connectivity index (χ2n) is 4.88. The molecule has 118 valence electrons. The van der Waals surface area contributed by atoms with Crippen LogP contribution in [0.15, 0.2) is 52.3 Å². The van der Waals surface area contributed by atoms with Crippen LogP contribution in [-0.2, 0) is 13.1 Å². The first-order chi connectivity index (χ1) is 11.1. The Morgan fingerprint density at radius 2 is 1.87 bits per heavy atom. The van der Waals surface area contributed by atoms with Crippen molar-refractivity contribution < 1.29 is 0 Å². The highest BCUT2D eigenvalue weighted by Crippen LogP contribution is 2.11. The van der Waals surface area contributed by atoms with Crippen molar-refractivity contribution in [3.63, 3.8) is 0 Å². The van der Waals surface area contributed by atoms with E-state index >= 15 is 0 Å². The summed E-state index contributed by atoms with van der Waals surface area (Å²) in [6.45, 7) is 2.24. The Morgan fingerprint density at radius 3 is 2.48 bits per heavy atom. The smallest absolute Gasteiger partial charge is 0.257 e. The zero-order valence-corrected chi connectivity index (χ0v) is 13.1. The second-order valence-corrected chi connectivity index (χ2v) is 5.32. The summed E-state index contributed by atoms with van der Waals surface area (Å²) in [7, 11) is 0. The Balaban J connectivity index is 2.18. The van der Waals surface area contributed by atoms with Gasteiger partial charge in [-0.05, 0) is 30.7 Å². The summed E-state index contributed by atoms with van der Waals surface area (Å²) < 4.78 is 3.91. The van der Waals surface area contributed by atoms with Crippen LogP contribution >= 0.6 is 11.6 Å². The standard InChI is InChI=1S/C15H14ClN5O2/c1-2-19-14(22)18-13(21-9-3-8-17-21)20(15(19)23)10-11-4-6-12(16)7-5-11/h3-9H,2,10H2,1H3. The number of halogens is 1. The highest BCUT2D eigenvalue weighted by molar-refractivity contribution is 6.30. The first-order valence-corrected chi connectivity index (χ1v) is 7.44. The van der Waals surface area contributed by atoms with Gasteiger partial charge in [-0.15, -0.1) is 0 Å². The van der Waals surface area contributed by atoms with E-state index in [1.54, 1.807) is 37.5 Å². The van der Waals surface area contributed by atoms with E-state index in [0.717, 1.165) is 10.1 Å². The lowest BCUT2D eigenvalue weighted by molar-refractivity contribution is 0.544. The molecular weight excluding hydrogens is 318 g/mol. The van der Waals surface area contributed by atoms with Crippen molar-refractivity contribution in [2.45, 2.75) is 20.0 Å². The van der Waals surface area contributed by atoms with Gasteiger partial charge >= 0.3 is 11.4 Å². The lowest BCUT2D eigenvalue weighted by atomic mass is 10.2. The molecule has 8 heteroatoms. The summed E-state index contributed by atoms with van der Waals surface area (Å²) in [5, 5.41) is 4.68. The van der Waals surface area contributed by atoms with Crippen LogP contribution in [-0.4, -0.2) is 23.9 Å². The third-order valence-corrected chi connectivity index (χ3v) is 3.66. The maximum absolute atomic E-state index is 12.6. The average Bonchev–Trinajstić information content (AvgIpc) is 3.06. The maximum Gasteiger partial charge on any atom is 0.354 e. The van der Waals surface area contributed by atoms with Gasteiger partial charge in [-0.1, -0.05) is 23.7 Å². The molecule has 0 aliphatic rings. The molecule has 0 N–H and O–H groups in total. The van der Waals surface area contributed by atoms with Gasteiger partial charge in [0.15, 0.2) is 0 Å². The number of nitrogens with zero attached hydrogens (tertiary/aromatic N) is 5. The summed E-state index contributed by atoms with van der Waals surface area (Å²) in [5.74, 6) is 0.185. The van der Waals surface area contributed by atoms with E-state index in [2.05, 4.69) is 10.1 Å². The summed E-state index contributed by atoms with van der Waals surface area (Å²) >= 11 is 5.89. The van der Waals surface area contributed by atoms with Gasteiger partial charge < -0.3 is 0 Å². The predicted octanol–water partition coefficient (Wildman–Crippen LogP) is 1.31. The fourth-order valence-electron chi connectivity index (χ4n) is 2.26. The molecule has 23 heavy (non-hydrogen) atoms. The van der Waals surface area contributed by atoms with Crippen LogP contribution in [0.1, 0.15) is 12.5 Å². The van der Waals surface area contributed by atoms with Gasteiger partial charge in [0, 0.05) is 24.0 Å². The molecule has 0 amide bonds. The summed E-state index contributed by atoms with van der Waals surface area (Å²) in [5.41, 5.74) is -0.142. The van der Waals surface area contributed by atoms with E-state index < -0.39 is 11.4 Å². The van der Waals surface area contributed by atoms with Crippen LogP contribution in [0.5, 0.6) is 0 Å². The average molecular weight is 332 g/mol. The number of hydrogen-bond acceptors (Lipinski definition) is 4. The molecule has 0 bridgehead atoms. The van der Waals surface area contributed by atoms with E-state index in [-0.39, 0.29) is 19.0 Å². The molecule has 2 aromatic heterocycles. The molecule has 0 saturated carbocycles. The molecular formula is C15H14ClN5O2. The SMILES string of the molecule is CCn1c(=O)nc(-n2cccn2)n(Cc2ccc(Cl)cc2)c1=O. The molecule has 0 fully saturated rings. The number of aromatic nitrogens is 5. The summed E-state index contributed by atoms with van der Waals surface area (Å²) in [4.78, 5) is 28.6. The zero-order chi connectivity index (χ0) is 16.4. The Labute approximate surface area is 136 Å². The Kier molecular flexibility index (Phi) is 4.12. The highest BCUT2D eigenvalue weighted by atomic mass is 35.5. The van der Waals surface area contributed by atoms with Crippen LogP contribution in [0.25, 0.3) is 5.95 Å². The van der Waals surface area contributed by atoms with E-state index in [4.69, 9.17) is 11.6 Å². The molecule has 3 rings (SSSR count). The summed E-state index contributed by atoms with van der Waals surface area (Å²) in [6.07, 6.45) is 3.19. The number of benzene rings is 1. The first kappa shape index (κ1) is 15.2. The zero-order valence-electron chi connectivity index (χ0n) is 12.4. The lowest BCUT2D eigenvalue weighted by Crippen LogP contribution is -2.43. The largest absolute Gasteiger partial charge is 0.354 e. The Morgan fingerprint density at radius 1 is 1.13 bits per heavy atom. The Hall–Kier alpha value is -2.67. The minimum atomic E-state index is -0.588. The molecule has 7 nitrogen and oxygen atoms in total. The highest BCUT2D eigenvalue weighted by Gasteiger charge is 2.14. The van der Waals surface area contributed by atoms with E-state index in [1.807, 2.05) is 12.1 Å². The second kappa shape index (κ2) is 6.21. The third kappa shape index (κ3) is 2.95. The van der Waals surface area contributed by atoms with E-state index in [0.29, 0.717) is 5.02 Å². The molecule has 3 aromatic rings. The van der Waals surface area contributed by atoms with Crippen molar-refractivity contribution >= 4 is 11.6 Å². The van der Waals surface area contributed by atoms with Gasteiger partial charge in [0.1, 0.15) is 0 Å². The monoisotopic (exact) mass is 331 g/mol. The molecule has 2 heterocycles. The van der Waals surface area contributed by atoms with Crippen molar-refractivity contribution in [2.24, 2.45) is 0 Å². The van der Waals surface area contributed by atoms with E-state index in [9.17, 15) is 9.59 Å². The van der Waals surface area contributed by atoms with Crippen LogP contribution in [0.4, 0.5) is 0 Å². The topological polar surface area (TPSA) is 74.7 Å². The van der Waals surface area contributed by atoms with Crippen LogP contribution in [0.3, 0.4) is 0 Å². The molecule has 0 saturated heterocycles. The minimum Gasteiger partial charge on any atom is -0.257 e. The molecule has 0 unspecified atom stereocenters. The molecule has 1 aromatic carbocycles. The van der Waals surface area contributed by atoms with Crippen LogP contribution in [0.2, 0.25) is 5.02 Å². The van der Waals surface area contributed by atoms with Gasteiger partial charge in [0.25, 0.3) is 0 Å². The van der Waals surface area contributed by atoms with Crippen LogP contribution < -0.4 is 11.4 Å². The van der Waals surface area contributed by atoms with Gasteiger partial charge in [-0.25, -0.2) is 18.8 Å². The molecule has 0 atom stereocenters. The van der Waals surface area contributed by atoms with Crippen LogP contribution in [0, 0.1) is 0 Å². The third-order valence-electron chi connectivity index (χ3n) is 3.41. The van der Waals surface area contributed by atoms with Gasteiger partial charge in [-0.2, -0.15) is 10.1 Å². The predicted molar refractivity (Wildman–Crippen MR) is 86.1 cm³/mol. The van der Waals surface area contributed by atoms with Crippen molar-refractivity contribution in [1.29, 1.82) is 0 Å². The quantitative estimate of drug-likeness (QED) is 0.722. The fourth-order valence-corrected chi connectivity index (χ4v) is 2.39. The van der Waals surface area contributed by atoms with Gasteiger partial charge in [0.05, 0.1) is 6.54 Å². The Bertz CT molecular complexity index is 926. The van der Waals surface area contributed by atoms with Crippen molar-refractivity contribution in [2.75, 3.05) is 0 Å². The number of hydrogen-bond donors (Lipinski definition) is 0. The van der Waals surface area contributed by atoms with Crippen molar-refractivity contribution in [3.05, 3.63) is 74.3 Å². The molecule has 0 radical (unpaired) electrons. The number of rotatable bonds is 4. The van der Waals surface area contributed by atoms with Crippen molar-refractivity contribution in [1.82, 2.24) is 23.9 Å². The maximum atomic E-state index is 12.6. The van der Waals surface area contributed by atoms with Crippen molar-refractivity contribution in [3.8, 4) is 5.95 Å². The minimum absolute atomic E-state index is 0.185.